The molecule has 4 N–H and O–H groups in total. The molecule has 3 aliphatic rings. The summed E-state index contributed by atoms with van der Waals surface area (Å²) >= 11 is 0. The predicted molar refractivity (Wildman–Crippen MR) is 157 cm³/mol. The number of likely N-dealkylation sites (N-methyl/N-ethyl adjacent to an activating group) is 1. The van der Waals surface area contributed by atoms with Gasteiger partial charge in [-0.2, -0.15) is 0 Å². The number of nitrogens with zero attached hydrogens (tertiary/aromatic N) is 1. The number of benzene rings is 1. The van der Waals surface area contributed by atoms with Gasteiger partial charge in [0.2, 0.25) is 0 Å². The highest BCUT2D eigenvalue weighted by Crippen LogP contribution is 2.52. The largest absolute Gasteiger partial charge is 0.458 e. The predicted octanol–water partition coefficient (Wildman–Crippen LogP) is 2.25. The van der Waals surface area contributed by atoms with Gasteiger partial charge < -0.3 is 29.9 Å². The third-order valence-electron chi connectivity index (χ3n) is 9.84. The molecule has 1 fully saturated rings. The number of hydrogen-bond acceptors (Lipinski definition) is 10. The molecular weight excluding hydrogens is 554 g/mol. The topological polar surface area (TPSA) is 154 Å². The highest BCUT2D eigenvalue weighted by molar-refractivity contribution is 5.92. The van der Waals surface area contributed by atoms with E-state index in [-0.39, 0.29) is 19.3 Å². The van der Waals surface area contributed by atoms with E-state index in [1.807, 2.05) is 19.9 Å². The molecule has 9 atom stereocenters. The van der Waals surface area contributed by atoms with Gasteiger partial charge in [0.05, 0.1) is 23.7 Å². The lowest BCUT2D eigenvalue weighted by Gasteiger charge is -2.50. The van der Waals surface area contributed by atoms with Gasteiger partial charge in [0.25, 0.3) is 0 Å². The van der Waals surface area contributed by atoms with Crippen LogP contribution in [0.4, 0.5) is 0 Å². The number of carbonyl (C=O) groups is 3. The Morgan fingerprint density at radius 1 is 1.00 bits per heavy atom. The molecule has 0 aromatic heterocycles. The lowest BCUT2D eigenvalue weighted by Crippen LogP contribution is -2.56. The number of aliphatic hydroxyl groups excluding tert-OH is 4. The van der Waals surface area contributed by atoms with Crippen LogP contribution in [0.1, 0.15) is 65.5 Å². The van der Waals surface area contributed by atoms with Crippen LogP contribution in [0, 0.1) is 16.7 Å². The van der Waals surface area contributed by atoms with Crippen LogP contribution < -0.4 is 0 Å². The maximum Gasteiger partial charge on any atom is 0.337 e. The summed E-state index contributed by atoms with van der Waals surface area (Å²) in [5.41, 5.74) is -0.308. The summed E-state index contributed by atoms with van der Waals surface area (Å²) in [5, 5.41) is 45.7. The van der Waals surface area contributed by atoms with E-state index in [4.69, 9.17) is 9.47 Å². The van der Waals surface area contributed by atoms with Gasteiger partial charge in [-0.3, -0.25) is 14.5 Å². The number of Topliss-reactive ketones (excluding diaryl/α,β-unsaturated/α-hetero) is 1. The SMILES string of the molecule is CC(=O)O[C@H]1C[C@@H]2[C@@H](O)/C=C3\C[C@@](C)(C(=O)[C@H](O)C(=C1C)C2(C)C)[C@@H](O)CC3OC(=O)[C@H](O)[C@H](c1ccccc1)N(C)C. The Bertz CT molecular complexity index is 1300. The Morgan fingerprint density at radius 2 is 1.63 bits per heavy atom. The Kier molecular flexibility index (Phi) is 9.40. The zero-order valence-corrected chi connectivity index (χ0v) is 26.0. The minimum atomic E-state index is -1.62. The molecule has 10 heteroatoms. The minimum Gasteiger partial charge on any atom is -0.458 e. The molecule has 1 unspecified atom stereocenters. The number of hydrogen-bond donors (Lipinski definition) is 4. The van der Waals surface area contributed by atoms with Crippen molar-refractivity contribution >= 4 is 17.7 Å². The van der Waals surface area contributed by atoms with Gasteiger partial charge in [-0.05, 0) is 68.5 Å². The monoisotopic (exact) mass is 599 g/mol. The zero-order valence-electron chi connectivity index (χ0n) is 26.0. The van der Waals surface area contributed by atoms with Crippen molar-refractivity contribution in [3.63, 3.8) is 0 Å². The van der Waals surface area contributed by atoms with Crippen molar-refractivity contribution in [3.8, 4) is 0 Å². The average molecular weight is 600 g/mol. The molecule has 1 aromatic carbocycles. The number of fused-ring (bicyclic) bond motifs is 4. The summed E-state index contributed by atoms with van der Waals surface area (Å²) in [7, 11) is 3.47. The van der Waals surface area contributed by atoms with E-state index in [1.165, 1.54) is 6.92 Å². The fourth-order valence-corrected chi connectivity index (χ4v) is 7.40. The molecule has 4 rings (SSSR count). The Balaban J connectivity index is 1.74. The third-order valence-corrected chi connectivity index (χ3v) is 9.84. The van der Waals surface area contributed by atoms with Crippen LogP contribution in [-0.2, 0) is 23.9 Å². The van der Waals surface area contributed by atoms with Crippen LogP contribution in [0.25, 0.3) is 0 Å². The van der Waals surface area contributed by atoms with Crippen LogP contribution in [0.2, 0.25) is 0 Å². The van der Waals surface area contributed by atoms with Crippen molar-refractivity contribution < 1.29 is 44.3 Å². The number of aliphatic hydroxyl groups is 4. The van der Waals surface area contributed by atoms with Crippen molar-refractivity contribution in [2.24, 2.45) is 16.7 Å². The smallest absolute Gasteiger partial charge is 0.337 e. The van der Waals surface area contributed by atoms with Gasteiger partial charge in [0.1, 0.15) is 18.3 Å². The summed E-state index contributed by atoms with van der Waals surface area (Å²) in [5.74, 6) is -2.61. The van der Waals surface area contributed by atoms with Crippen LogP contribution in [0.3, 0.4) is 0 Å². The Labute approximate surface area is 253 Å². The summed E-state index contributed by atoms with van der Waals surface area (Å²) < 4.78 is 11.4. The number of esters is 2. The lowest BCUT2D eigenvalue weighted by atomic mass is 9.57. The molecule has 1 aromatic rings. The Morgan fingerprint density at radius 3 is 2.21 bits per heavy atom. The van der Waals surface area contributed by atoms with Gasteiger partial charge in [-0.15, -0.1) is 0 Å². The molecule has 236 valence electrons. The van der Waals surface area contributed by atoms with Crippen molar-refractivity contribution in [1.29, 1.82) is 0 Å². The number of carbonyl (C=O) groups excluding carboxylic acids is 3. The van der Waals surface area contributed by atoms with Crippen LogP contribution >= 0.6 is 0 Å². The molecule has 0 heterocycles. The quantitative estimate of drug-likeness (QED) is 0.283. The highest BCUT2D eigenvalue weighted by Gasteiger charge is 2.55. The summed E-state index contributed by atoms with van der Waals surface area (Å²) in [4.78, 5) is 41.0. The molecule has 0 amide bonds. The summed E-state index contributed by atoms with van der Waals surface area (Å²) in [6, 6.07) is 8.34. The van der Waals surface area contributed by atoms with Gasteiger partial charge in [0.15, 0.2) is 11.9 Å². The van der Waals surface area contributed by atoms with Crippen molar-refractivity contribution in [3.05, 3.63) is 58.7 Å². The summed E-state index contributed by atoms with van der Waals surface area (Å²) in [6.07, 6.45) is -5.82. The first-order chi connectivity index (χ1) is 20.0. The van der Waals surface area contributed by atoms with E-state index >= 15 is 0 Å². The fourth-order valence-electron chi connectivity index (χ4n) is 7.40. The second-order valence-electron chi connectivity index (χ2n) is 13.3. The zero-order chi connectivity index (χ0) is 32.0. The molecule has 0 radical (unpaired) electrons. The third kappa shape index (κ3) is 6.08. The van der Waals surface area contributed by atoms with Gasteiger partial charge in [-0.1, -0.05) is 50.3 Å². The standard InChI is InChI=1S/C33H45NO9/c1-17-23(42-18(2)35)14-21-22(36)13-20-16-33(5,30(40)28(38)26(17)32(21,3)4)25(37)15-24(20)43-31(41)29(39)27(34(6)7)19-11-9-8-10-12-19/h8-13,21-25,27-29,36-39H,14-16H2,1-7H3/b20-13+/t21-,22+,23+,24?,25+,27+,28-,29-,33-/m1/s1. The molecule has 10 nitrogen and oxygen atoms in total. The van der Waals surface area contributed by atoms with Crippen LogP contribution in [0.15, 0.2) is 53.1 Å². The van der Waals surface area contributed by atoms with Gasteiger partial charge >= 0.3 is 11.9 Å². The number of ketones is 1. The molecule has 0 saturated heterocycles. The molecule has 43 heavy (non-hydrogen) atoms. The summed E-state index contributed by atoms with van der Waals surface area (Å²) in [6.45, 7) is 8.20. The second-order valence-corrected chi connectivity index (χ2v) is 13.3. The van der Waals surface area contributed by atoms with Crippen LogP contribution in [0.5, 0.6) is 0 Å². The Hall–Kier alpha value is -2.89. The van der Waals surface area contributed by atoms with Crippen molar-refractivity contribution in [2.75, 3.05) is 14.1 Å². The van der Waals surface area contributed by atoms with Crippen molar-refractivity contribution in [1.82, 2.24) is 4.90 Å². The first kappa shape index (κ1) is 33.0. The maximum atomic E-state index is 14.0. The molecule has 0 aliphatic heterocycles. The molecule has 4 bridgehead atoms. The van der Waals surface area contributed by atoms with E-state index in [0.29, 0.717) is 22.3 Å². The van der Waals surface area contributed by atoms with E-state index in [2.05, 4.69) is 0 Å². The first-order valence-corrected chi connectivity index (χ1v) is 14.8. The maximum absolute atomic E-state index is 14.0. The number of ether oxygens (including phenoxy) is 2. The lowest BCUT2D eigenvalue weighted by molar-refractivity contribution is -0.166. The number of rotatable bonds is 6. The van der Waals surface area contributed by atoms with Crippen molar-refractivity contribution in [2.45, 2.75) is 96.5 Å². The van der Waals surface area contributed by atoms with Crippen LogP contribution in [-0.4, -0.2) is 93.8 Å². The first-order valence-electron chi connectivity index (χ1n) is 14.8. The van der Waals surface area contributed by atoms with E-state index in [9.17, 15) is 34.8 Å². The van der Waals surface area contributed by atoms with E-state index in [0.717, 1.165) is 0 Å². The van der Waals surface area contributed by atoms with Gasteiger partial charge in [0, 0.05) is 19.3 Å². The molecule has 1 saturated carbocycles. The van der Waals surface area contributed by atoms with Gasteiger partial charge in [-0.25, -0.2) is 4.79 Å². The molecule has 0 spiro atoms. The fraction of sp³-hybridized carbons (Fsp3) is 0.606. The normalized spacial score (nSPS) is 35.0. The van der Waals surface area contributed by atoms with E-state index < -0.39 is 77.1 Å². The average Bonchev–Trinajstić information content (AvgIpc) is 2.91. The second kappa shape index (κ2) is 12.2. The highest BCUT2D eigenvalue weighted by atomic mass is 16.6. The molecule has 3 aliphatic carbocycles. The molecular formula is C33H45NO9. The van der Waals surface area contributed by atoms with E-state index in [1.54, 1.807) is 63.2 Å². The minimum absolute atomic E-state index is 0.0716.